The molecule has 0 bridgehead atoms. The highest BCUT2D eigenvalue weighted by molar-refractivity contribution is 5.84. The Bertz CT molecular complexity index is 175. The molecule has 0 amide bonds. The zero-order valence-electron chi connectivity index (χ0n) is 7.40. The van der Waals surface area contributed by atoms with Crippen molar-refractivity contribution in [2.45, 2.75) is 45.4 Å². The Kier molecular flexibility index (Phi) is 1.74. The zero-order valence-corrected chi connectivity index (χ0v) is 7.40. The van der Waals surface area contributed by atoms with Crippen molar-refractivity contribution in [2.75, 3.05) is 6.54 Å². The second kappa shape index (κ2) is 2.62. The topological polar surface area (TPSA) is 12.4 Å². The number of hydrogen-bond acceptors (Lipinski definition) is 1. The van der Waals surface area contributed by atoms with Crippen LogP contribution >= 0.6 is 0 Å². The van der Waals surface area contributed by atoms with Crippen LogP contribution < -0.4 is 0 Å². The average molecular weight is 151 g/mol. The predicted molar refractivity (Wildman–Crippen MR) is 48.1 cm³/mol. The van der Waals surface area contributed by atoms with Crippen LogP contribution in [-0.2, 0) is 0 Å². The van der Waals surface area contributed by atoms with E-state index in [4.69, 9.17) is 0 Å². The van der Waals surface area contributed by atoms with Gasteiger partial charge in [-0.1, -0.05) is 19.3 Å². The number of nitrogens with zero attached hydrogens (tertiary/aromatic N) is 1. The van der Waals surface area contributed by atoms with Gasteiger partial charge in [0, 0.05) is 12.3 Å². The first kappa shape index (κ1) is 7.33. The van der Waals surface area contributed by atoms with Crippen molar-refractivity contribution in [3.05, 3.63) is 0 Å². The fourth-order valence-corrected chi connectivity index (χ4v) is 2.59. The lowest BCUT2D eigenvalue weighted by Crippen LogP contribution is -2.24. The van der Waals surface area contributed by atoms with Gasteiger partial charge in [0.05, 0.1) is 0 Å². The zero-order chi connectivity index (χ0) is 7.73. The fraction of sp³-hybridized carbons (Fsp3) is 0.900. The summed E-state index contributed by atoms with van der Waals surface area (Å²) in [6.07, 6.45) is 8.53. The summed E-state index contributed by atoms with van der Waals surface area (Å²) < 4.78 is 0. The Morgan fingerprint density at radius 2 is 1.91 bits per heavy atom. The van der Waals surface area contributed by atoms with Crippen LogP contribution in [0.3, 0.4) is 0 Å². The van der Waals surface area contributed by atoms with Crippen LogP contribution in [-0.4, -0.2) is 12.3 Å². The summed E-state index contributed by atoms with van der Waals surface area (Å²) in [5, 5.41) is 0. The third-order valence-electron chi connectivity index (χ3n) is 3.23. The minimum atomic E-state index is 0.641. The van der Waals surface area contributed by atoms with Crippen molar-refractivity contribution in [3.8, 4) is 0 Å². The summed E-state index contributed by atoms with van der Waals surface area (Å²) in [6.45, 7) is 3.32. The molecule has 0 atom stereocenters. The smallest absolute Gasteiger partial charge is 0.0448 e. The van der Waals surface area contributed by atoms with Crippen LogP contribution in [0.2, 0.25) is 0 Å². The monoisotopic (exact) mass is 151 g/mol. The van der Waals surface area contributed by atoms with Crippen LogP contribution in [0.5, 0.6) is 0 Å². The fourth-order valence-electron chi connectivity index (χ4n) is 2.59. The first-order valence-electron chi connectivity index (χ1n) is 4.81. The van der Waals surface area contributed by atoms with E-state index in [-0.39, 0.29) is 0 Å². The van der Waals surface area contributed by atoms with E-state index in [2.05, 4.69) is 11.9 Å². The molecular weight excluding hydrogens is 134 g/mol. The molecule has 0 aromatic rings. The summed E-state index contributed by atoms with van der Waals surface area (Å²) >= 11 is 0. The molecule has 1 spiro atoms. The largest absolute Gasteiger partial charge is 0.294 e. The molecule has 2 aliphatic rings. The third-order valence-corrected chi connectivity index (χ3v) is 3.23. The SMILES string of the molecule is CC1=NCC2(CCCCC2)C1. The molecule has 0 unspecified atom stereocenters. The average Bonchev–Trinajstić information content (AvgIpc) is 2.34. The number of aliphatic imine (C=N–C) groups is 1. The Morgan fingerprint density at radius 3 is 2.45 bits per heavy atom. The lowest BCUT2D eigenvalue weighted by Gasteiger charge is -2.32. The standard InChI is InChI=1S/C10H17N/c1-9-7-10(8-11-9)5-3-2-4-6-10/h2-8H2,1H3. The van der Waals surface area contributed by atoms with Crippen molar-refractivity contribution in [1.82, 2.24) is 0 Å². The van der Waals surface area contributed by atoms with Crippen molar-refractivity contribution in [1.29, 1.82) is 0 Å². The highest BCUT2D eigenvalue weighted by Crippen LogP contribution is 2.42. The summed E-state index contributed by atoms with van der Waals surface area (Å²) in [7, 11) is 0. The van der Waals surface area contributed by atoms with E-state index in [0.717, 1.165) is 6.54 Å². The second-order valence-corrected chi connectivity index (χ2v) is 4.29. The molecule has 1 aliphatic heterocycles. The van der Waals surface area contributed by atoms with E-state index in [9.17, 15) is 0 Å². The van der Waals surface area contributed by atoms with Crippen LogP contribution in [0.25, 0.3) is 0 Å². The third kappa shape index (κ3) is 1.33. The second-order valence-electron chi connectivity index (χ2n) is 4.29. The first-order chi connectivity index (χ1) is 5.31. The van der Waals surface area contributed by atoms with Crippen molar-refractivity contribution in [2.24, 2.45) is 10.4 Å². The molecule has 1 nitrogen and oxygen atoms in total. The van der Waals surface area contributed by atoms with E-state index in [0.29, 0.717) is 5.41 Å². The predicted octanol–water partition coefficient (Wildman–Crippen LogP) is 2.80. The van der Waals surface area contributed by atoms with E-state index in [1.54, 1.807) is 0 Å². The van der Waals surface area contributed by atoms with Gasteiger partial charge >= 0.3 is 0 Å². The molecule has 1 heterocycles. The molecule has 62 valence electrons. The van der Waals surface area contributed by atoms with Gasteiger partial charge in [-0.2, -0.15) is 0 Å². The van der Waals surface area contributed by atoms with Crippen LogP contribution in [0, 0.1) is 5.41 Å². The highest BCUT2D eigenvalue weighted by Gasteiger charge is 2.35. The van der Waals surface area contributed by atoms with E-state index < -0.39 is 0 Å². The van der Waals surface area contributed by atoms with Gasteiger partial charge < -0.3 is 0 Å². The Hall–Kier alpha value is -0.330. The van der Waals surface area contributed by atoms with Gasteiger partial charge in [0.25, 0.3) is 0 Å². The Labute approximate surface area is 68.9 Å². The van der Waals surface area contributed by atoms with Crippen LogP contribution in [0.15, 0.2) is 4.99 Å². The van der Waals surface area contributed by atoms with Crippen molar-refractivity contribution in [3.63, 3.8) is 0 Å². The Balaban J connectivity index is 2.01. The maximum atomic E-state index is 4.53. The molecule has 0 N–H and O–H groups in total. The highest BCUT2D eigenvalue weighted by atomic mass is 14.8. The van der Waals surface area contributed by atoms with Crippen molar-refractivity contribution >= 4 is 5.71 Å². The maximum absolute atomic E-state index is 4.53. The van der Waals surface area contributed by atoms with Crippen molar-refractivity contribution < 1.29 is 0 Å². The summed E-state index contributed by atoms with van der Waals surface area (Å²) in [5.41, 5.74) is 2.04. The maximum Gasteiger partial charge on any atom is 0.0448 e. The normalized spacial score (nSPS) is 29.0. The molecule has 11 heavy (non-hydrogen) atoms. The van der Waals surface area contributed by atoms with Gasteiger partial charge in [-0.25, -0.2) is 0 Å². The molecule has 1 fully saturated rings. The summed E-state index contributed by atoms with van der Waals surface area (Å²) in [4.78, 5) is 4.53. The molecule has 1 aliphatic carbocycles. The molecule has 1 heteroatoms. The minimum absolute atomic E-state index is 0.641. The van der Waals surface area contributed by atoms with Gasteiger partial charge in [-0.05, 0) is 31.6 Å². The molecular formula is C10H17N. The van der Waals surface area contributed by atoms with Crippen LogP contribution in [0.4, 0.5) is 0 Å². The molecule has 0 saturated heterocycles. The van der Waals surface area contributed by atoms with Gasteiger partial charge in [-0.3, -0.25) is 4.99 Å². The quantitative estimate of drug-likeness (QED) is 0.505. The van der Waals surface area contributed by atoms with Gasteiger partial charge in [-0.15, -0.1) is 0 Å². The molecule has 0 aromatic carbocycles. The molecule has 2 rings (SSSR count). The van der Waals surface area contributed by atoms with Gasteiger partial charge in [0.15, 0.2) is 0 Å². The summed E-state index contributed by atoms with van der Waals surface area (Å²) in [5.74, 6) is 0. The van der Waals surface area contributed by atoms with Crippen LogP contribution in [0.1, 0.15) is 45.4 Å². The van der Waals surface area contributed by atoms with Gasteiger partial charge in [0.1, 0.15) is 0 Å². The van der Waals surface area contributed by atoms with E-state index >= 15 is 0 Å². The number of hydrogen-bond donors (Lipinski definition) is 0. The minimum Gasteiger partial charge on any atom is -0.294 e. The van der Waals surface area contributed by atoms with E-state index in [1.165, 1.54) is 44.2 Å². The summed E-state index contributed by atoms with van der Waals surface area (Å²) in [6, 6.07) is 0. The van der Waals surface area contributed by atoms with Gasteiger partial charge in [0.2, 0.25) is 0 Å². The number of rotatable bonds is 0. The lowest BCUT2D eigenvalue weighted by molar-refractivity contribution is 0.221. The first-order valence-corrected chi connectivity index (χ1v) is 4.81. The lowest BCUT2D eigenvalue weighted by atomic mass is 9.72. The molecule has 0 aromatic heterocycles. The molecule has 1 saturated carbocycles. The Morgan fingerprint density at radius 1 is 1.18 bits per heavy atom. The molecule has 0 radical (unpaired) electrons. The van der Waals surface area contributed by atoms with E-state index in [1.807, 2.05) is 0 Å².